The number of carboxylic acids is 1. The third-order valence-electron chi connectivity index (χ3n) is 3.77. The molecule has 0 saturated carbocycles. The fourth-order valence-corrected chi connectivity index (χ4v) is 2.92. The molecular weight excluding hydrogens is 384 g/mol. The van der Waals surface area contributed by atoms with Crippen LogP contribution in [0.2, 0.25) is 0 Å². The minimum atomic E-state index is -1.13. The SMILES string of the molecule is [C-]#[N+]c1c(C)c(N=Nc2nnc(C)s2)c(=O)n(-c2ccc(C(=O)O)cc2)c1O. The van der Waals surface area contributed by atoms with Gasteiger partial charge in [-0.1, -0.05) is 11.3 Å². The van der Waals surface area contributed by atoms with E-state index >= 15 is 0 Å². The summed E-state index contributed by atoms with van der Waals surface area (Å²) in [4.78, 5) is 27.2. The molecule has 3 rings (SSSR count). The molecule has 0 atom stereocenters. The zero-order chi connectivity index (χ0) is 20.4. The molecule has 28 heavy (non-hydrogen) atoms. The van der Waals surface area contributed by atoms with Crippen LogP contribution in [-0.2, 0) is 0 Å². The predicted molar refractivity (Wildman–Crippen MR) is 100 cm³/mol. The summed E-state index contributed by atoms with van der Waals surface area (Å²) >= 11 is 1.18. The topological polar surface area (TPSA) is 134 Å². The van der Waals surface area contributed by atoms with Crippen molar-refractivity contribution in [3.05, 3.63) is 62.2 Å². The molecule has 0 bridgehead atoms. The monoisotopic (exact) mass is 396 g/mol. The molecule has 3 aromatic rings. The molecule has 0 aliphatic rings. The van der Waals surface area contributed by atoms with Gasteiger partial charge in [-0.2, -0.15) is 0 Å². The van der Waals surface area contributed by atoms with E-state index < -0.39 is 17.4 Å². The molecule has 0 unspecified atom stereocenters. The summed E-state index contributed by atoms with van der Waals surface area (Å²) in [5, 5.41) is 35.8. The number of benzene rings is 1. The van der Waals surface area contributed by atoms with Crippen molar-refractivity contribution in [1.29, 1.82) is 0 Å². The number of aromatic carboxylic acids is 1. The molecular formula is C17H12N6O4S. The minimum Gasteiger partial charge on any atom is -0.502 e. The summed E-state index contributed by atoms with van der Waals surface area (Å²) in [7, 11) is 0. The summed E-state index contributed by atoms with van der Waals surface area (Å²) in [5.41, 5.74) is -0.652. The molecule has 0 amide bonds. The van der Waals surface area contributed by atoms with Crippen LogP contribution in [0, 0.1) is 20.4 Å². The van der Waals surface area contributed by atoms with Crippen molar-refractivity contribution in [2.24, 2.45) is 10.2 Å². The largest absolute Gasteiger partial charge is 0.502 e. The van der Waals surface area contributed by atoms with E-state index in [1.165, 1.54) is 42.5 Å². The smallest absolute Gasteiger partial charge is 0.335 e. The fourth-order valence-electron chi connectivity index (χ4n) is 2.41. The first-order valence-electron chi connectivity index (χ1n) is 7.75. The minimum absolute atomic E-state index is 0.0142. The highest BCUT2D eigenvalue weighted by atomic mass is 32.1. The lowest BCUT2D eigenvalue weighted by Gasteiger charge is -2.13. The highest BCUT2D eigenvalue weighted by molar-refractivity contribution is 7.14. The van der Waals surface area contributed by atoms with Crippen LogP contribution in [0.3, 0.4) is 0 Å². The van der Waals surface area contributed by atoms with Gasteiger partial charge < -0.3 is 10.2 Å². The van der Waals surface area contributed by atoms with Gasteiger partial charge in [0.15, 0.2) is 0 Å². The molecule has 2 aromatic heterocycles. The van der Waals surface area contributed by atoms with Crippen molar-refractivity contribution in [1.82, 2.24) is 14.8 Å². The Morgan fingerprint density at radius 2 is 1.89 bits per heavy atom. The molecule has 0 aliphatic heterocycles. The number of hydrogen-bond acceptors (Lipinski definition) is 8. The van der Waals surface area contributed by atoms with Crippen LogP contribution < -0.4 is 5.56 Å². The first-order valence-corrected chi connectivity index (χ1v) is 8.56. The quantitative estimate of drug-likeness (QED) is 0.510. The van der Waals surface area contributed by atoms with Gasteiger partial charge in [0, 0.05) is 0 Å². The first-order chi connectivity index (χ1) is 13.3. The van der Waals surface area contributed by atoms with Gasteiger partial charge in [-0.25, -0.2) is 9.64 Å². The maximum Gasteiger partial charge on any atom is 0.335 e. The Hall–Kier alpha value is -3.91. The Balaban J connectivity index is 2.20. The van der Waals surface area contributed by atoms with E-state index in [9.17, 15) is 14.7 Å². The average molecular weight is 396 g/mol. The van der Waals surface area contributed by atoms with Gasteiger partial charge >= 0.3 is 5.97 Å². The van der Waals surface area contributed by atoms with E-state index in [0.717, 1.165) is 4.57 Å². The molecule has 0 saturated heterocycles. The number of azo groups is 1. The first kappa shape index (κ1) is 18.9. The molecule has 0 fully saturated rings. The molecule has 2 heterocycles. The number of carbonyl (C=O) groups is 1. The van der Waals surface area contributed by atoms with Gasteiger partial charge in [-0.05, 0) is 43.7 Å². The zero-order valence-corrected chi connectivity index (χ0v) is 15.4. The van der Waals surface area contributed by atoms with E-state index in [2.05, 4.69) is 25.3 Å². The van der Waals surface area contributed by atoms with Crippen molar-refractivity contribution in [3.63, 3.8) is 0 Å². The Labute approximate surface area is 161 Å². The molecule has 10 nitrogen and oxygen atoms in total. The van der Waals surface area contributed by atoms with E-state index in [1.54, 1.807) is 6.92 Å². The van der Waals surface area contributed by atoms with Crippen LogP contribution in [-0.4, -0.2) is 30.9 Å². The number of pyridine rings is 1. The number of aryl methyl sites for hydroxylation is 1. The lowest BCUT2D eigenvalue weighted by Crippen LogP contribution is -2.19. The molecule has 0 radical (unpaired) electrons. The summed E-state index contributed by atoms with van der Waals surface area (Å²) in [5.74, 6) is -1.69. The fraction of sp³-hybridized carbons (Fsp3) is 0.118. The lowest BCUT2D eigenvalue weighted by molar-refractivity contribution is 0.0697. The van der Waals surface area contributed by atoms with Crippen molar-refractivity contribution in [3.8, 4) is 11.6 Å². The number of hydrogen-bond donors (Lipinski definition) is 2. The van der Waals surface area contributed by atoms with Crippen molar-refractivity contribution >= 4 is 33.8 Å². The summed E-state index contributed by atoms with van der Waals surface area (Å²) in [6.45, 7) is 10.5. The zero-order valence-electron chi connectivity index (χ0n) is 14.6. The number of nitrogens with zero attached hydrogens (tertiary/aromatic N) is 6. The molecule has 0 spiro atoms. The third-order valence-corrected chi connectivity index (χ3v) is 4.50. The maximum absolute atomic E-state index is 12.9. The molecule has 2 N–H and O–H groups in total. The van der Waals surface area contributed by atoms with Crippen LogP contribution >= 0.6 is 11.3 Å². The normalized spacial score (nSPS) is 10.9. The van der Waals surface area contributed by atoms with Crippen LogP contribution in [0.1, 0.15) is 20.9 Å². The van der Waals surface area contributed by atoms with Crippen molar-refractivity contribution < 1.29 is 15.0 Å². The Morgan fingerprint density at radius 3 is 2.43 bits per heavy atom. The van der Waals surface area contributed by atoms with E-state index in [-0.39, 0.29) is 33.3 Å². The maximum atomic E-state index is 12.9. The lowest BCUT2D eigenvalue weighted by atomic mass is 10.1. The molecule has 0 aliphatic carbocycles. The van der Waals surface area contributed by atoms with Crippen LogP contribution in [0.5, 0.6) is 5.88 Å². The second-order valence-corrected chi connectivity index (χ2v) is 6.71. The Bertz CT molecular complexity index is 1200. The number of rotatable bonds is 4. The van der Waals surface area contributed by atoms with Gasteiger partial charge in [0.25, 0.3) is 16.4 Å². The van der Waals surface area contributed by atoms with Gasteiger partial charge in [0.1, 0.15) is 10.7 Å². The third kappa shape index (κ3) is 3.36. The molecule has 140 valence electrons. The van der Waals surface area contributed by atoms with E-state index in [1.807, 2.05) is 0 Å². The van der Waals surface area contributed by atoms with Crippen LogP contribution in [0.15, 0.2) is 39.3 Å². The highest BCUT2D eigenvalue weighted by Gasteiger charge is 2.20. The van der Waals surface area contributed by atoms with Gasteiger partial charge in [-0.15, -0.1) is 20.4 Å². The number of carboxylic acid groups (broad SMARTS) is 1. The summed E-state index contributed by atoms with van der Waals surface area (Å²) < 4.78 is 0.881. The Kier molecular flexibility index (Phi) is 4.97. The van der Waals surface area contributed by atoms with E-state index in [0.29, 0.717) is 5.01 Å². The average Bonchev–Trinajstić information content (AvgIpc) is 3.07. The van der Waals surface area contributed by atoms with Gasteiger partial charge in [0.2, 0.25) is 5.88 Å². The van der Waals surface area contributed by atoms with Gasteiger partial charge in [-0.3, -0.25) is 9.36 Å². The van der Waals surface area contributed by atoms with E-state index in [4.69, 9.17) is 11.7 Å². The Morgan fingerprint density at radius 1 is 1.21 bits per heavy atom. The number of aromatic nitrogens is 3. The summed E-state index contributed by atoms with van der Waals surface area (Å²) in [6.07, 6.45) is 0. The van der Waals surface area contributed by atoms with Crippen molar-refractivity contribution in [2.45, 2.75) is 13.8 Å². The number of aromatic hydroxyl groups is 1. The van der Waals surface area contributed by atoms with Crippen molar-refractivity contribution in [2.75, 3.05) is 0 Å². The van der Waals surface area contributed by atoms with Gasteiger partial charge in [0.05, 0.1) is 17.8 Å². The van der Waals surface area contributed by atoms with Crippen LogP contribution in [0.25, 0.3) is 10.5 Å². The molecule has 1 aromatic carbocycles. The second-order valence-electron chi connectivity index (χ2n) is 5.55. The highest BCUT2D eigenvalue weighted by Crippen LogP contribution is 2.36. The molecule has 11 heteroatoms. The van der Waals surface area contributed by atoms with Crippen LogP contribution in [0.4, 0.5) is 16.5 Å². The predicted octanol–water partition coefficient (Wildman–Crippen LogP) is 3.68. The summed E-state index contributed by atoms with van der Waals surface area (Å²) in [6, 6.07) is 5.27. The standard InChI is InChI=1S/C17H12N6O4S/c1-8-12(18-3)14(24)23(11-6-4-10(5-7-11)16(26)27)15(25)13(8)20-22-17-21-19-9(2)28-17/h4-7,24H,1-2H3,(H,26,27). The second kappa shape index (κ2) is 7.37.